The Bertz CT molecular complexity index is 1260. The molecule has 1 aliphatic rings. The molecule has 1 amide bonds. The van der Waals surface area contributed by atoms with Crippen molar-refractivity contribution >= 4 is 11.7 Å². The van der Waals surface area contributed by atoms with Crippen LogP contribution in [-0.4, -0.2) is 48.0 Å². The van der Waals surface area contributed by atoms with Gasteiger partial charge in [0.25, 0.3) is 0 Å². The number of carbonyl (C=O) groups excluding carboxylic acids is 2. The Hall–Kier alpha value is -3.39. The summed E-state index contributed by atoms with van der Waals surface area (Å²) in [6, 6.07) is 16.4. The monoisotopic (exact) mass is 526 g/mol. The van der Waals surface area contributed by atoms with Crippen LogP contribution in [0.3, 0.4) is 0 Å². The summed E-state index contributed by atoms with van der Waals surface area (Å²) in [6.07, 6.45) is -2.39. The Kier molecular flexibility index (Phi) is 8.72. The minimum Gasteiger partial charge on any atom is -0.381 e. The van der Waals surface area contributed by atoms with E-state index < -0.39 is 11.7 Å². The molecule has 0 atom stereocenters. The predicted octanol–water partition coefficient (Wildman–Crippen LogP) is 6.18. The van der Waals surface area contributed by atoms with Gasteiger partial charge in [-0.1, -0.05) is 48.5 Å². The van der Waals surface area contributed by atoms with Gasteiger partial charge in [-0.15, -0.1) is 0 Å². The first-order chi connectivity index (χ1) is 18.1. The van der Waals surface area contributed by atoms with Crippen LogP contribution in [0.4, 0.5) is 13.2 Å². The third kappa shape index (κ3) is 6.54. The lowest BCUT2D eigenvalue weighted by Gasteiger charge is -2.26. The molecule has 0 saturated carbocycles. The Balaban J connectivity index is 1.52. The SMILES string of the molecule is Cc1c(C(=O)Cc2cccc(C(F)(F)F)c2)cc(-c2ccccc2)n1CCCN(C)C(=O)C1CCOCC1. The van der Waals surface area contributed by atoms with Gasteiger partial charge in [-0.2, -0.15) is 13.2 Å². The Labute approximate surface area is 221 Å². The largest absolute Gasteiger partial charge is 0.416 e. The molecule has 2 aromatic carbocycles. The molecule has 1 aliphatic heterocycles. The van der Waals surface area contributed by atoms with E-state index in [2.05, 4.69) is 4.57 Å². The molecule has 202 valence electrons. The fourth-order valence-electron chi connectivity index (χ4n) is 5.03. The van der Waals surface area contributed by atoms with Gasteiger partial charge in [0.05, 0.1) is 5.56 Å². The minimum atomic E-state index is -4.46. The van der Waals surface area contributed by atoms with Crippen molar-refractivity contribution in [2.75, 3.05) is 26.8 Å². The van der Waals surface area contributed by atoms with E-state index in [9.17, 15) is 22.8 Å². The lowest BCUT2D eigenvalue weighted by molar-refractivity contribution is -0.138. The molecule has 4 rings (SSSR count). The summed E-state index contributed by atoms with van der Waals surface area (Å²) in [5.74, 6) is -0.0932. The number of Topliss-reactive ketones (excluding diaryl/α,β-unsaturated/α-hetero) is 1. The summed E-state index contributed by atoms with van der Waals surface area (Å²) in [6.45, 7) is 4.27. The maximum Gasteiger partial charge on any atom is 0.416 e. The van der Waals surface area contributed by atoms with E-state index >= 15 is 0 Å². The molecular weight excluding hydrogens is 493 g/mol. The van der Waals surface area contributed by atoms with E-state index in [0.717, 1.165) is 41.9 Å². The molecule has 0 radical (unpaired) electrons. The zero-order chi connectivity index (χ0) is 27.3. The van der Waals surface area contributed by atoms with Crippen molar-refractivity contribution in [2.45, 2.75) is 45.3 Å². The van der Waals surface area contributed by atoms with Gasteiger partial charge in [0, 0.05) is 62.6 Å². The van der Waals surface area contributed by atoms with Crippen LogP contribution in [0.15, 0.2) is 60.7 Å². The van der Waals surface area contributed by atoms with Gasteiger partial charge in [0.1, 0.15) is 0 Å². The second-order valence-electron chi connectivity index (χ2n) is 9.84. The lowest BCUT2D eigenvalue weighted by atomic mass is 9.99. The quantitative estimate of drug-likeness (QED) is 0.313. The molecule has 0 spiro atoms. The summed E-state index contributed by atoms with van der Waals surface area (Å²) >= 11 is 0. The summed E-state index contributed by atoms with van der Waals surface area (Å²) < 4.78 is 46.9. The molecule has 5 nitrogen and oxygen atoms in total. The van der Waals surface area contributed by atoms with Crippen LogP contribution < -0.4 is 0 Å². The van der Waals surface area contributed by atoms with Gasteiger partial charge >= 0.3 is 6.18 Å². The summed E-state index contributed by atoms with van der Waals surface area (Å²) in [7, 11) is 1.82. The van der Waals surface area contributed by atoms with Crippen molar-refractivity contribution in [2.24, 2.45) is 5.92 Å². The average molecular weight is 527 g/mol. The summed E-state index contributed by atoms with van der Waals surface area (Å²) in [4.78, 5) is 27.9. The molecule has 3 aromatic rings. The number of halogens is 3. The lowest BCUT2D eigenvalue weighted by Crippen LogP contribution is -2.36. The van der Waals surface area contributed by atoms with Crippen LogP contribution in [0, 0.1) is 12.8 Å². The van der Waals surface area contributed by atoms with E-state index in [1.165, 1.54) is 6.07 Å². The number of nitrogens with zero attached hydrogens (tertiary/aromatic N) is 2. The fraction of sp³-hybridized carbons (Fsp3) is 0.400. The number of amides is 1. The number of benzene rings is 2. The van der Waals surface area contributed by atoms with E-state index in [1.807, 2.05) is 50.4 Å². The van der Waals surface area contributed by atoms with Gasteiger partial charge in [-0.25, -0.2) is 0 Å². The molecule has 1 saturated heterocycles. The normalized spacial score (nSPS) is 14.4. The van der Waals surface area contributed by atoms with Gasteiger partial charge in [-0.05, 0) is 49.4 Å². The third-order valence-corrected chi connectivity index (χ3v) is 7.18. The topological polar surface area (TPSA) is 51.5 Å². The number of aromatic nitrogens is 1. The van der Waals surface area contributed by atoms with Crippen LogP contribution in [0.25, 0.3) is 11.3 Å². The van der Waals surface area contributed by atoms with Gasteiger partial charge in [0.2, 0.25) is 5.91 Å². The number of rotatable bonds is 9. The fourth-order valence-corrected chi connectivity index (χ4v) is 5.03. The Morgan fingerprint density at radius 2 is 1.74 bits per heavy atom. The highest BCUT2D eigenvalue weighted by Gasteiger charge is 2.30. The highest BCUT2D eigenvalue weighted by atomic mass is 19.4. The zero-order valence-corrected chi connectivity index (χ0v) is 21.8. The number of alkyl halides is 3. The number of hydrogen-bond donors (Lipinski definition) is 0. The summed E-state index contributed by atoms with van der Waals surface area (Å²) in [5.41, 5.74) is 2.63. The van der Waals surface area contributed by atoms with Gasteiger partial charge in [-0.3, -0.25) is 9.59 Å². The third-order valence-electron chi connectivity index (χ3n) is 7.18. The molecule has 38 heavy (non-hydrogen) atoms. The molecule has 8 heteroatoms. The van der Waals surface area contributed by atoms with E-state index in [0.29, 0.717) is 43.9 Å². The molecule has 2 heterocycles. The highest BCUT2D eigenvalue weighted by Crippen LogP contribution is 2.31. The maximum absolute atomic E-state index is 13.3. The number of carbonyl (C=O) groups is 2. The van der Waals surface area contributed by atoms with Crippen molar-refractivity contribution in [1.29, 1.82) is 0 Å². The predicted molar refractivity (Wildman–Crippen MR) is 140 cm³/mol. The van der Waals surface area contributed by atoms with E-state index in [-0.39, 0.29) is 24.0 Å². The van der Waals surface area contributed by atoms with Crippen LogP contribution in [0.2, 0.25) is 0 Å². The van der Waals surface area contributed by atoms with E-state index in [1.54, 1.807) is 11.0 Å². The molecule has 0 unspecified atom stereocenters. The van der Waals surface area contributed by atoms with E-state index in [4.69, 9.17) is 4.74 Å². The minimum absolute atomic E-state index is 0.00187. The maximum atomic E-state index is 13.3. The zero-order valence-electron chi connectivity index (χ0n) is 21.8. The molecule has 1 fully saturated rings. The first kappa shape index (κ1) is 27.6. The first-order valence-electron chi connectivity index (χ1n) is 12.9. The second kappa shape index (κ2) is 12.0. The van der Waals surface area contributed by atoms with Crippen molar-refractivity contribution in [3.05, 3.63) is 83.0 Å². The van der Waals surface area contributed by atoms with Crippen molar-refractivity contribution in [3.8, 4) is 11.3 Å². The van der Waals surface area contributed by atoms with Gasteiger partial charge in [0.15, 0.2) is 5.78 Å². The van der Waals surface area contributed by atoms with Crippen LogP contribution >= 0.6 is 0 Å². The standard InChI is InChI=1S/C30H33F3N2O3/c1-21-26(28(36)19-22-8-6-11-25(18-22)30(31,32)33)20-27(23-9-4-3-5-10-23)35(21)15-7-14-34(2)29(37)24-12-16-38-17-13-24/h3-6,8-11,18,20,24H,7,12-17,19H2,1-2H3. The van der Waals surface area contributed by atoms with Gasteiger partial charge < -0.3 is 14.2 Å². The van der Waals surface area contributed by atoms with Crippen molar-refractivity contribution < 1.29 is 27.5 Å². The first-order valence-corrected chi connectivity index (χ1v) is 12.9. The molecule has 1 aromatic heterocycles. The highest BCUT2D eigenvalue weighted by molar-refractivity contribution is 6.00. The number of ketones is 1. The molecule has 0 aliphatic carbocycles. The number of ether oxygens (including phenoxy) is 1. The van der Waals surface area contributed by atoms with Crippen LogP contribution in [0.5, 0.6) is 0 Å². The smallest absolute Gasteiger partial charge is 0.381 e. The molecular formula is C30H33F3N2O3. The van der Waals surface area contributed by atoms with Crippen LogP contribution in [-0.2, 0) is 28.7 Å². The second-order valence-corrected chi connectivity index (χ2v) is 9.84. The summed E-state index contributed by atoms with van der Waals surface area (Å²) in [5, 5.41) is 0. The van der Waals surface area contributed by atoms with Crippen molar-refractivity contribution in [1.82, 2.24) is 9.47 Å². The Morgan fingerprint density at radius 1 is 1.03 bits per heavy atom. The average Bonchev–Trinajstić information content (AvgIpc) is 3.25. The number of hydrogen-bond acceptors (Lipinski definition) is 3. The molecule has 0 bridgehead atoms. The van der Waals surface area contributed by atoms with Crippen LogP contribution in [0.1, 0.15) is 46.4 Å². The molecule has 0 N–H and O–H groups in total. The van der Waals surface area contributed by atoms with Crippen molar-refractivity contribution in [3.63, 3.8) is 0 Å². The Morgan fingerprint density at radius 3 is 2.42 bits per heavy atom.